The van der Waals surface area contributed by atoms with Crippen molar-refractivity contribution in [2.24, 2.45) is 0 Å². The first-order valence-corrected chi connectivity index (χ1v) is 10.8. The van der Waals surface area contributed by atoms with Gasteiger partial charge in [-0.2, -0.15) is 5.10 Å². The molecule has 2 heterocycles. The van der Waals surface area contributed by atoms with Crippen LogP contribution in [0.15, 0.2) is 53.9 Å². The van der Waals surface area contributed by atoms with E-state index in [4.69, 9.17) is 5.11 Å². The highest BCUT2D eigenvalue weighted by Crippen LogP contribution is 2.32. The first-order valence-electron chi connectivity index (χ1n) is 8.07. The summed E-state index contributed by atoms with van der Waals surface area (Å²) >= 11 is 1.14. The second kappa shape index (κ2) is 6.73. The molecule has 0 aliphatic rings. The number of aromatic nitrogens is 3. The quantitative estimate of drug-likeness (QED) is 0.518. The molecule has 10 heteroatoms. The molecule has 0 amide bonds. The average molecular weight is 414 g/mol. The summed E-state index contributed by atoms with van der Waals surface area (Å²) in [6, 6.07) is 14.6. The summed E-state index contributed by atoms with van der Waals surface area (Å²) in [6.07, 6.45) is 1.07. The van der Waals surface area contributed by atoms with Crippen molar-refractivity contribution in [3.8, 4) is 16.4 Å². The fourth-order valence-electron chi connectivity index (χ4n) is 2.81. The molecule has 28 heavy (non-hydrogen) atoms. The Bertz CT molecular complexity index is 1290. The summed E-state index contributed by atoms with van der Waals surface area (Å²) in [7, 11) is -3.45. The second-order valence-electron chi connectivity index (χ2n) is 6.05. The molecule has 4 aromatic rings. The van der Waals surface area contributed by atoms with Crippen LogP contribution < -0.4 is 4.72 Å². The molecule has 0 unspecified atom stereocenters. The van der Waals surface area contributed by atoms with E-state index in [1.165, 1.54) is 10.1 Å². The number of thiazole rings is 1. The molecule has 0 spiro atoms. The fourth-order valence-corrected chi connectivity index (χ4v) is 4.12. The molecule has 0 saturated carbocycles. The summed E-state index contributed by atoms with van der Waals surface area (Å²) < 4.78 is 27.1. The standard InChI is InChI=1S/C18H14N4O4S2/c1-28(25,26)21-12-7-8-13-15(9-12)22(18-19-14(10-27-18)17(23)24)20-16(13)11-5-3-2-4-6-11/h2-10,21H,1H3,(H,23,24). The van der Waals surface area contributed by atoms with E-state index in [0.29, 0.717) is 22.0 Å². The summed E-state index contributed by atoms with van der Waals surface area (Å²) in [5.41, 5.74) is 2.48. The van der Waals surface area contributed by atoms with Gasteiger partial charge in [-0.3, -0.25) is 4.72 Å². The van der Waals surface area contributed by atoms with Crippen molar-refractivity contribution in [3.05, 3.63) is 59.6 Å². The maximum atomic E-state index is 11.6. The van der Waals surface area contributed by atoms with Gasteiger partial charge in [0.1, 0.15) is 5.69 Å². The number of carboxylic acids is 1. The second-order valence-corrected chi connectivity index (χ2v) is 8.64. The van der Waals surface area contributed by atoms with Gasteiger partial charge in [0.2, 0.25) is 15.2 Å². The highest BCUT2D eigenvalue weighted by atomic mass is 32.2. The Balaban J connectivity index is 1.95. The number of nitrogens with one attached hydrogen (secondary N) is 1. The van der Waals surface area contributed by atoms with E-state index in [0.717, 1.165) is 28.5 Å². The third-order valence-corrected chi connectivity index (χ3v) is 5.35. The molecule has 8 nitrogen and oxygen atoms in total. The van der Waals surface area contributed by atoms with Gasteiger partial charge in [0, 0.05) is 16.3 Å². The van der Waals surface area contributed by atoms with Crippen LogP contribution in [0.5, 0.6) is 0 Å². The zero-order valence-corrected chi connectivity index (χ0v) is 16.2. The minimum absolute atomic E-state index is 0.0738. The van der Waals surface area contributed by atoms with Gasteiger partial charge in [-0.25, -0.2) is 22.9 Å². The van der Waals surface area contributed by atoms with Gasteiger partial charge in [-0.05, 0) is 18.2 Å². The van der Waals surface area contributed by atoms with Gasteiger partial charge in [0.25, 0.3) is 0 Å². The van der Waals surface area contributed by atoms with Crippen molar-refractivity contribution < 1.29 is 18.3 Å². The number of benzene rings is 2. The smallest absolute Gasteiger partial charge is 0.355 e. The lowest BCUT2D eigenvalue weighted by atomic mass is 10.1. The van der Waals surface area contributed by atoms with Crippen LogP contribution in [-0.2, 0) is 10.0 Å². The van der Waals surface area contributed by atoms with Crippen LogP contribution in [-0.4, -0.2) is 40.5 Å². The van der Waals surface area contributed by atoms with Crippen molar-refractivity contribution >= 4 is 43.9 Å². The van der Waals surface area contributed by atoms with E-state index in [9.17, 15) is 13.2 Å². The normalized spacial score (nSPS) is 11.6. The molecule has 2 N–H and O–H groups in total. The lowest BCUT2D eigenvalue weighted by Crippen LogP contribution is -2.09. The van der Waals surface area contributed by atoms with Crippen molar-refractivity contribution in [1.29, 1.82) is 0 Å². The molecule has 0 atom stereocenters. The number of hydrogen-bond acceptors (Lipinski definition) is 6. The Kier molecular flexibility index (Phi) is 4.36. The van der Waals surface area contributed by atoms with Crippen LogP contribution >= 0.6 is 11.3 Å². The van der Waals surface area contributed by atoms with Crippen molar-refractivity contribution in [1.82, 2.24) is 14.8 Å². The predicted octanol–water partition coefficient (Wildman–Crippen LogP) is 3.22. The minimum atomic E-state index is -3.45. The summed E-state index contributed by atoms with van der Waals surface area (Å²) in [6.45, 7) is 0. The van der Waals surface area contributed by atoms with Crippen LogP contribution in [0.4, 0.5) is 5.69 Å². The van der Waals surface area contributed by atoms with E-state index in [1.807, 2.05) is 30.3 Å². The zero-order valence-electron chi connectivity index (χ0n) is 14.5. The molecule has 0 saturated heterocycles. The van der Waals surface area contributed by atoms with Crippen LogP contribution in [0.3, 0.4) is 0 Å². The highest BCUT2D eigenvalue weighted by Gasteiger charge is 2.18. The van der Waals surface area contributed by atoms with Crippen LogP contribution in [0.1, 0.15) is 10.5 Å². The molecule has 142 valence electrons. The van der Waals surface area contributed by atoms with Crippen molar-refractivity contribution in [2.45, 2.75) is 0 Å². The van der Waals surface area contributed by atoms with E-state index in [1.54, 1.807) is 18.2 Å². The number of carbonyl (C=O) groups is 1. The molecule has 0 fully saturated rings. The Labute approximate surface area is 164 Å². The third-order valence-electron chi connectivity index (χ3n) is 3.92. The number of fused-ring (bicyclic) bond motifs is 1. The maximum absolute atomic E-state index is 11.6. The molecule has 0 radical (unpaired) electrons. The first kappa shape index (κ1) is 18.1. The summed E-state index contributed by atoms with van der Waals surface area (Å²) in [4.78, 5) is 15.3. The number of carboxylic acid groups (broad SMARTS) is 1. The lowest BCUT2D eigenvalue weighted by molar-refractivity contribution is 0.0691. The fraction of sp³-hybridized carbons (Fsp3) is 0.0556. The van der Waals surface area contributed by atoms with Gasteiger partial charge in [0.05, 0.1) is 17.5 Å². The largest absolute Gasteiger partial charge is 0.476 e. The number of anilines is 1. The Morgan fingerprint density at radius 2 is 1.93 bits per heavy atom. The van der Waals surface area contributed by atoms with E-state index in [-0.39, 0.29) is 5.69 Å². The van der Waals surface area contributed by atoms with Crippen LogP contribution in [0.25, 0.3) is 27.3 Å². The van der Waals surface area contributed by atoms with Gasteiger partial charge in [-0.1, -0.05) is 30.3 Å². The molecule has 2 aromatic heterocycles. The van der Waals surface area contributed by atoms with Gasteiger partial charge in [-0.15, -0.1) is 11.3 Å². The average Bonchev–Trinajstić information content (AvgIpc) is 3.25. The zero-order chi connectivity index (χ0) is 19.9. The van der Waals surface area contributed by atoms with Crippen LogP contribution in [0.2, 0.25) is 0 Å². The first-order chi connectivity index (χ1) is 13.3. The maximum Gasteiger partial charge on any atom is 0.355 e. The van der Waals surface area contributed by atoms with Gasteiger partial charge in [0.15, 0.2) is 5.69 Å². The van der Waals surface area contributed by atoms with Gasteiger partial charge < -0.3 is 5.11 Å². The highest BCUT2D eigenvalue weighted by molar-refractivity contribution is 7.92. The molecular weight excluding hydrogens is 400 g/mol. The molecule has 0 aliphatic heterocycles. The summed E-state index contributed by atoms with van der Waals surface area (Å²) in [5, 5.41) is 16.4. The molecule has 2 aromatic carbocycles. The molecule has 0 bridgehead atoms. The summed E-state index contributed by atoms with van der Waals surface area (Å²) in [5.74, 6) is -1.12. The van der Waals surface area contributed by atoms with Crippen molar-refractivity contribution in [3.63, 3.8) is 0 Å². The van der Waals surface area contributed by atoms with E-state index in [2.05, 4.69) is 14.8 Å². The number of nitrogens with zero attached hydrogens (tertiary/aromatic N) is 3. The monoisotopic (exact) mass is 414 g/mol. The lowest BCUT2D eigenvalue weighted by Gasteiger charge is -2.05. The number of aromatic carboxylic acids is 1. The minimum Gasteiger partial charge on any atom is -0.476 e. The predicted molar refractivity (Wildman–Crippen MR) is 108 cm³/mol. The Morgan fingerprint density at radius 1 is 1.18 bits per heavy atom. The molecular formula is C18H14N4O4S2. The number of rotatable bonds is 5. The Morgan fingerprint density at radius 3 is 2.57 bits per heavy atom. The molecule has 0 aliphatic carbocycles. The van der Waals surface area contributed by atoms with E-state index < -0.39 is 16.0 Å². The SMILES string of the molecule is CS(=O)(=O)Nc1ccc2c(-c3ccccc3)nn(-c3nc(C(=O)O)cs3)c2c1. The molecule has 4 rings (SSSR count). The number of hydrogen-bond donors (Lipinski definition) is 2. The Hall–Kier alpha value is -3.24. The van der Waals surface area contributed by atoms with Crippen molar-refractivity contribution in [2.75, 3.05) is 11.0 Å². The number of sulfonamides is 1. The van der Waals surface area contributed by atoms with Crippen LogP contribution in [0, 0.1) is 0 Å². The topological polar surface area (TPSA) is 114 Å². The van der Waals surface area contributed by atoms with Gasteiger partial charge >= 0.3 is 5.97 Å². The van der Waals surface area contributed by atoms with E-state index >= 15 is 0 Å². The third kappa shape index (κ3) is 3.47.